The van der Waals surface area contributed by atoms with Crippen molar-refractivity contribution in [3.8, 4) is 22.8 Å². The van der Waals surface area contributed by atoms with Crippen molar-refractivity contribution in [3.63, 3.8) is 0 Å². The number of anilines is 1. The summed E-state index contributed by atoms with van der Waals surface area (Å²) in [5.74, 6) is -0.310. The summed E-state index contributed by atoms with van der Waals surface area (Å²) in [5.41, 5.74) is 4.81. The number of halogens is 2. The molecule has 36 heavy (non-hydrogen) atoms. The second-order valence-electron chi connectivity index (χ2n) is 7.14. The van der Waals surface area contributed by atoms with Crippen LogP contribution in [0.25, 0.3) is 11.3 Å². The van der Waals surface area contributed by atoms with Crippen LogP contribution in [-0.4, -0.2) is 29.2 Å². The number of hydrazone groups is 1. The molecule has 1 aromatic heterocycles. The molecule has 4 rings (SSSR count). The smallest absolute Gasteiger partial charge is 0.343 e. The monoisotopic (exact) mass is 542 g/mol. The lowest BCUT2D eigenvalue weighted by molar-refractivity contribution is -0.384. The standard InChI is InChI=1S/C24H16Cl2N4O5S/c1-34-22-9-14(5-8-21(22)35-23(31)15-3-2-4-17(10-15)30(32)33)12-27-29-24-28-20(13-36-24)18-7-6-16(25)11-19(18)26/h2-13H,1H3,(H,28,29). The van der Waals surface area contributed by atoms with E-state index < -0.39 is 10.9 Å². The van der Waals surface area contributed by atoms with Gasteiger partial charge >= 0.3 is 5.97 Å². The summed E-state index contributed by atoms with van der Waals surface area (Å²) in [6, 6.07) is 15.3. The molecule has 0 aliphatic carbocycles. The number of nitro benzene ring substituents is 1. The normalized spacial score (nSPS) is 10.9. The largest absolute Gasteiger partial charge is 0.493 e. The summed E-state index contributed by atoms with van der Waals surface area (Å²) in [6.07, 6.45) is 1.55. The molecule has 182 valence electrons. The van der Waals surface area contributed by atoms with Crippen LogP contribution in [-0.2, 0) is 0 Å². The van der Waals surface area contributed by atoms with Gasteiger partial charge in [-0.2, -0.15) is 5.10 Å². The molecule has 0 unspecified atom stereocenters. The Morgan fingerprint density at radius 1 is 1.14 bits per heavy atom. The molecule has 4 aromatic rings. The first-order valence-electron chi connectivity index (χ1n) is 10.2. The van der Waals surface area contributed by atoms with Gasteiger partial charge in [-0.1, -0.05) is 29.3 Å². The molecule has 12 heteroatoms. The number of nitrogens with one attached hydrogen (secondary N) is 1. The zero-order chi connectivity index (χ0) is 25.7. The predicted octanol–water partition coefficient (Wildman–Crippen LogP) is 6.70. The van der Waals surface area contributed by atoms with Gasteiger partial charge in [0.2, 0.25) is 5.13 Å². The van der Waals surface area contributed by atoms with Gasteiger partial charge in [0.05, 0.1) is 34.5 Å². The van der Waals surface area contributed by atoms with E-state index in [0.717, 1.165) is 11.6 Å². The fourth-order valence-electron chi connectivity index (χ4n) is 3.06. The molecule has 3 aromatic carbocycles. The van der Waals surface area contributed by atoms with Gasteiger partial charge in [0.15, 0.2) is 11.5 Å². The van der Waals surface area contributed by atoms with E-state index in [1.54, 1.807) is 42.6 Å². The molecule has 0 saturated carbocycles. The minimum atomic E-state index is -0.750. The third kappa shape index (κ3) is 5.98. The molecule has 0 bridgehead atoms. The highest BCUT2D eigenvalue weighted by atomic mass is 35.5. The minimum absolute atomic E-state index is 0.0452. The molecule has 9 nitrogen and oxygen atoms in total. The van der Waals surface area contributed by atoms with Crippen LogP contribution in [0, 0.1) is 10.1 Å². The Bertz CT molecular complexity index is 1470. The van der Waals surface area contributed by atoms with Gasteiger partial charge in [-0.25, -0.2) is 9.78 Å². The van der Waals surface area contributed by atoms with Crippen LogP contribution in [0.1, 0.15) is 15.9 Å². The fraction of sp³-hybridized carbons (Fsp3) is 0.0417. The summed E-state index contributed by atoms with van der Waals surface area (Å²) in [6.45, 7) is 0. The van der Waals surface area contributed by atoms with Crippen LogP contribution in [0.15, 0.2) is 71.1 Å². The first kappa shape index (κ1) is 25.1. The van der Waals surface area contributed by atoms with Crippen LogP contribution >= 0.6 is 34.5 Å². The zero-order valence-corrected chi connectivity index (χ0v) is 20.8. The Balaban J connectivity index is 1.43. The molecule has 1 N–H and O–H groups in total. The van der Waals surface area contributed by atoms with Gasteiger partial charge in [0, 0.05) is 28.1 Å². The van der Waals surface area contributed by atoms with Crippen LogP contribution in [0.4, 0.5) is 10.8 Å². The molecule has 0 saturated heterocycles. The number of carbonyl (C=O) groups is 1. The van der Waals surface area contributed by atoms with Crippen molar-refractivity contribution in [2.45, 2.75) is 0 Å². The Hall–Kier alpha value is -3.99. The fourth-order valence-corrected chi connectivity index (χ4v) is 4.23. The molecule has 0 radical (unpaired) electrons. The van der Waals surface area contributed by atoms with Crippen molar-refractivity contribution >= 4 is 57.5 Å². The summed E-state index contributed by atoms with van der Waals surface area (Å²) < 4.78 is 10.7. The number of nitro groups is 1. The van der Waals surface area contributed by atoms with Crippen molar-refractivity contribution in [1.29, 1.82) is 0 Å². The zero-order valence-electron chi connectivity index (χ0n) is 18.5. The van der Waals surface area contributed by atoms with E-state index >= 15 is 0 Å². The Kier molecular flexibility index (Phi) is 7.79. The van der Waals surface area contributed by atoms with Crippen molar-refractivity contribution < 1.29 is 19.2 Å². The average molecular weight is 543 g/mol. The van der Waals surface area contributed by atoms with Gasteiger partial charge in [-0.05, 0) is 48.0 Å². The lowest BCUT2D eigenvalue weighted by Gasteiger charge is -2.10. The SMILES string of the molecule is COc1cc(C=NNc2nc(-c3ccc(Cl)cc3Cl)cs2)ccc1OC(=O)c1cccc([N+](=O)[O-])c1. The highest BCUT2D eigenvalue weighted by molar-refractivity contribution is 7.14. The lowest BCUT2D eigenvalue weighted by Crippen LogP contribution is -2.09. The predicted molar refractivity (Wildman–Crippen MR) is 140 cm³/mol. The van der Waals surface area contributed by atoms with E-state index in [9.17, 15) is 14.9 Å². The van der Waals surface area contributed by atoms with Crippen LogP contribution in [0.3, 0.4) is 0 Å². The number of esters is 1. The van der Waals surface area contributed by atoms with Gasteiger partial charge in [0.1, 0.15) is 0 Å². The molecule has 0 fully saturated rings. The third-order valence-electron chi connectivity index (χ3n) is 4.77. The maximum absolute atomic E-state index is 12.5. The number of ether oxygens (including phenoxy) is 2. The number of hydrogen-bond acceptors (Lipinski definition) is 9. The molecule has 0 spiro atoms. The molecule has 0 aliphatic rings. The Labute approximate surface area is 219 Å². The van der Waals surface area contributed by atoms with Gasteiger partial charge < -0.3 is 9.47 Å². The number of non-ortho nitro benzene ring substituents is 1. The average Bonchev–Trinajstić information content (AvgIpc) is 3.33. The lowest BCUT2D eigenvalue weighted by atomic mass is 10.2. The van der Waals surface area contributed by atoms with E-state index in [1.165, 1.54) is 36.6 Å². The summed E-state index contributed by atoms with van der Waals surface area (Å²) in [5, 5.41) is 18.6. The number of benzene rings is 3. The Morgan fingerprint density at radius 3 is 2.72 bits per heavy atom. The second-order valence-corrected chi connectivity index (χ2v) is 8.84. The van der Waals surface area contributed by atoms with Gasteiger partial charge in [-0.15, -0.1) is 11.3 Å². The summed E-state index contributed by atoms with van der Waals surface area (Å²) in [7, 11) is 1.43. The molecule has 0 aliphatic heterocycles. The second kappa shape index (κ2) is 11.2. The Morgan fingerprint density at radius 2 is 1.97 bits per heavy atom. The molecular formula is C24H16Cl2N4O5S. The van der Waals surface area contributed by atoms with Crippen molar-refractivity contribution in [1.82, 2.24) is 4.98 Å². The molecule has 0 atom stereocenters. The van der Waals surface area contributed by atoms with E-state index in [1.807, 2.05) is 5.38 Å². The number of methoxy groups -OCH3 is 1. The van der Waals surface area contributed by atoms with E-state index in [-0.39, 0.29) is 22.7 Å². The van der Waals surface area contributed by atoms with Crippen molar-refractivity contribution in [3.05, 3.63) is 97.3 Å². The molecule has 1 heterocycles. The third-order valence-corrected chi connectivity index (χ3v) is 6.06. The van der Waals surface area contributed by atoms with E-state index in [2.05, 4.69) is 15.5 Å². The van der Waals surface area contributed by atoms with Crippen LogP contribution in [0.5, 0.6) is 11.5 Å². The highest BCUT2D eigenvalue weighted by Crippen LogP contribution is 2.32. The van der Waals surface area contributed by atoms with E-state index in [4.69, 9.17) is 32.7 Å². The first-order chi connectivity index (χ1) is 17.3. The number of nitrogens with zero attached hydrogens (tertiary/aromatic N) is 3. The van der Waals surface area contributed by atoms with Gasteiger partial charge in [0.25, 0.3) is 5.69 Å². The number of hydrogen-bond donors (Lipinski definition) is 1. The van der Waals surface area contributed by atoms with E-state index in [0.29, 0.717) is 26.4 Å². The minimum Gasteiger partial charge on any atom is -0.493 e. The number of rotatable bonds is 8. The maximum Gasteiger partial charge on any atom is 0.343 e. The summed E-state index contributed by atoms with van der Waals surface area (Å²) >= 11 is 13.5. The maximum atomic E-state index is 12.5. The quantitative estimate of drug-likeness (QED) is 0.0865. The van der Waals surface area contributed by atoms with Crippen molar-refractivity contribution in [2.75, 3.05) is 12.5 Å². The molecule has 0 amide bonds. The summed E-state index contributed by atoms with van der Waals surface area (Å²) in [4.78, 5) is 27.3. The van der Waals surface area contributed by atoms with Crippen LogP contribution in [0.2, 0.25) is 10.0 Å². The van der Waals surface area contributed by atoms with Gasteiger partial charge in [-0.3, -0.25) is 15.5 Å². The number of aromatic nitrogens is 1. The number of thiazole rings is 1. The van der Waals surface area contributed by atoms with Crippen molar-refractivity contribution in [2.24, 2.45) is 5.10 Å². The first-order valence-corrected chi connectivity index (χ1v) is 11.8. The number of carbonyl (C=O) groups excluding carboxylic acids is 1. The highest BCUT2D eigenvalue weighted by Gasteiger charge is 2.16. The topological polar surface area (TPSA) is 116 Å². The molecular weight excluding hydrogens is 527 g/mol. The van der Waals surface area contributed by atoms with Crippen LogP contribution < -0.4 is 14.9 Å².